The minimum atomic E-state index is 0.617. The van der Waals surface area contributed by atoms with E-state index in [1.807, 2.05) is 60.7 Å². The first-order valence-electron chi connectivity index (χ1n) is 25.4. The lowest BCUT2D eigenvalue weighted by Crippen LogP contribution is -2.04. The summed E-state index contributed by atoms with van der Waals surface area (Å²) < 4.78 is 7.29. The van der Waals surface area contributed by atoms with Crippen LogP contribution < -0.4 is 0 Å². The van der Waals surface area contributed by atoms with E-state index in [0.717, 1.165) is 66.9 Å². The van der Waals surface area contributed by atoms with Crippen molar-refractivity contribution in [2.24, 2.45) is 0 Å². The number of aromatic nitrogens is 6. The third kappa shape index (κ3) is 6.99. The Morgan fingerprint density at radius 2 is 0.547 bits per heavy atom. The molecule has 4 aromatic heterocycles. The number of hydrogen-bond donors (Lipinski definition) is 0. The number of fused-ring (bicyclic) bond motifs is 9. The van der Waals surface area contributed by atoms with Crippen molar-refractivity contribution >= 4 is 65.4 Å². The first kappa shape index (κ1) is 42.5. The van der Waals surface area contributed by atoms with Gasteiger partial charge in [0.05, 0.1) is 44.5 Å². The third-order valence-electron chi connectivity index (χ3n) is 14.9. The van der Waals surface area contributed by atoms with Crippen LogP contribution in [0.2, 0.25) is 0 Å². The van der Waals surface area contributed by atoms with E-state index in [0.29, 0.717) is 17.5 Å². The van der Waals surface area contributed by atoms with Crippen molar-refractivity contribution in [1.29, 1.82) is 0 Å². The van der Waals surface area contributed by atoms with E-state index in [-0.39, 0.29) is 0 Å². The van der Waals surface area contributed by atoms with E-state index >= 15 is 0 Å². The zero-order valence-electron chi connectivity index (χ0n) is 40.6. The number of hydrogen-bond acceptors (Lipinski definition) is 3. The molecule has 75 heavy (non-hydrogen) atoms. The van der Waals surface area contributed by atoms with Gasteiger partial charge < -0.3 is 13.7 Å². The maximum absolute atomic E-state index is 5.11. The van der Waals surface area contributed by atoms with E-state index in [4.69, 9.17) is 15.0 Å². The summed E-state index contributed by atoms with van der Waals surface area (Å²) in [5, 5.41) is 7.28. The zero-order valence-corrected chi connectivity index (χ0v) is 40.6. The maximum atomic E-state index is 5.11. The van der Waals surface area contributed by atoms with Gasteiger partial charge in [0.1, 0.15) is 0 Å². The Balaban J connectivity index is 0.930. The van der Waals surface area contributed by atoms with Crippen molar-refractivity contribution in [3.63, 3.8) is 0 Å². The fourth-order valence-electron chi connectivity index (χ4n) is 11.4. The molecule has 0 aliphatic rings. The monoisotopic (exact) mass is 956 g/mol. The molecule has 0 unspecified atom stereocenters. The molecule has 4 heterocycles. The first-order valence-corrected chi connectivity index (χ1v) is 25.4. The van der Waals surface area contributed by atoms with Gasteiger partial charge in [-0.25, -0.2) is 15.0 Å². The van der Waals surface area contributed by atoms with Gasteiger partial charge in [0.2, 0.25) is 0 Å². The van der Waals surface area contributed by atoms with Crippen molar-refractivity contribution < 1.29 is 0 Å². The molecule has 0 bridgehead atoms. The fraction of sp³-hybridized carbons (Fsp3) is 0. The summed E-state index contributed by atoms with van der Waals surface area (Å²) in [5.74, 6) is 1.88. The van der Waals surface area contributed by atoms with Gasteiger partial charge in [-0.05, 0) is 101 Å². The van der Waals surface area contributed by atoms with E-state index < -0.39 is 0 Å². The van der Waals surface area contributed by atoms with Crippen LogP contribution in [0, 0.1) is 0 Å². The van der Waals surface area contributed by atoms with E-state index in [1.165, 1.54) is 54.5 Å². The van der Waals surface area contributed by atoms with Gasteiger partial charge in [-0.3, -0.25) is 0 Å². The average molecular weight is 957 g/mol. The highest BCUT2D eigenvalue weighted by molar-refractivity contribution is 6.14. The van der Waals surface area contributed by atoms with Crippen LogP contribution in [0.4, 0.5) is 0 Å². The highest BCUT2D eigenvalue weighted by Gasteiger charge is 2.22. The second-order valence-corrected chi connectivity index (χ2v) is 19.2. The third-order valence-corrected chi connectivity index (χ3v) is 14.9. The summed E-state index contributed by atoms with van der Waals surface area (Å²) in [6.45, 7) is 0. The van der Waals surface area contributed by atoms with Crippen molar-refractivity contribution in [1.82, 2.24) is 28.7 Å². The lowest BCUT2D eigenvalue weighted by Gasteiger charge is -2.18. The standard InChI is InChI=1S/C69H44N6/c1-4-19-45(20-5-1)67-70-68(46-21-6-2-7-22-46)72-69(71-67)51-24-18-23-47(41-51)50-37-40-65(74-60-32-15-10-27-53(60)54-28-11-16-33-61(54)74)66(44-50)75-62-34-17-13-30-56(62)58-43-49(36-39-64(58)75)48-35-38-63-57(42-48)55-29-12-14-31-59(55)73(63)52-25-8-3-9-26-52/h1-44H. The minimum absolute atomic E-state index is 0.617. The summed E-state index contributed by atoms with van der Waals surface area (Å²) in [5.41, 5.74) is 17.5. The Kier molecular flexibility index (Phi) is 9.78. The predicted molar refractivity (Wildman–Crippen MR) is 310 cm³/mol. The van der Waals surface area contributed by atoms with Gasteiger partial charge in [-0.2, -0.15) is 0 Å². The molecule has 0 saturated heterocycles. The molecule has 0 N–H and O–H groups in total. The summed E-state index contributed by atoms with van der Waals surface area (Å²) in [4.78, 5) is 15.2. The van der Waals surface area contributed by atoms with E-state index in [2.05, 4.69) is 220 Å². The van der Waals surface area contributed by atoms with Gasteiger partial charge in [-0.1, -0.05) is 188 Å². The Hall–Kier alpha value is -10.2. The van der Waals surface area contributed by atoms with Crippen LogP contribution in [0.1, 0.15) is 0 Å². The quantitative estimate of drug-likeness (QED) is 0.152. The summed E-state index contributed by atoms with van der Waals surface area (Å²) in [7, 11) is 0. The van der Waals surface area contributed by atoms with Gasteiger partial charge in [0, 0.05) is 54.7 Å². The van der Waals surface area contributed by atoms with Gasteiger partial charge in [0.25, 0.3) is 0 Å². The number of para-hydroxylation sites is 5. The molecule has 0 amide bonds. The molecular formula is C69H44N6. The largest absolute Gasteiger partial charge is 0.309 e. The van der Waals surface area contributed by atoms with Crippen molar-refractivity contribution in [2.45, 2.75) is 0 Å². The maximum Gasteiger partial charge on any atom is 0.164 e. The zero-order chi connectivity index (χ0) is 49.4. The molecule has 0 aliphatic heterocycles. The predicted octanol–water partition coefficient (Wildman–Crippen LogP) is 17.5. The van der Waals surface area contributed by atoms with Crippen LogP contribution in [0.5, 0.6) is 0 Å². The highest BCUT2D eigenvalue weighted by Crippen LogP contribution is 2.42. The molecule has 350 valence electrons. The molecule has 0 aliphatic carbocycles. The van der Waals surface area contributed by atoms with Crippen LogP contribution in [0.15, 0.2) is 267 Å². The number of benzene rings is 11. The van der Waals surface area contributed by atoms with Crippen molar-refractivity contribution in [3.8, 4) is 73.5 Å². The second-order valence-electron chi connectivity index (χ2n) is 19.2. The average Bonchev–Trinajstić information content (AvgIpc) is 4.15. The molecule has 15 rings (SSSR count). The Morgan fingerprint density at radius 3 is 1.08 bits per heavy atom. The van der Waals surface area contributed by atoms with E-state index in [9.17, 15) is 0 Å². The SMILES string of the molecule is c1ccc(-c2nc(-c3ccccc3)nc(-c3cccc(-c4ccc(-n5c6ccccc6c6ccccc65)c(-n5c6ccccc6c6cc(-c7ccc8c(c7)c7ccccc7n8-c7ccccc7)ccc65)c4)c3)n2)cc1. The molecule has 11 aromatic carbocycles. The van der Waals surface area contributed by atoms with Crippen LogP contribution in [-0.4, -0.2) is 28.7 Å². The summed E-state index contributed by atoms with van der Waals surface area (Å²) >= 11 is 0. The van der Waals surface area contributed by atoms with Crippen molar-refractivity contribution in [2.75, 3.05) is 0 Å². The normalized spacial score (nSPS) is 11.7. The molecule has 0 fully saturated rings. The molecule has 0 saturated carbocycles. The second kappa shape index (κ2) is 17.3. The van der Waals surface area contributed by atoms with Gasteiger partial charge in [0.15, 0.2) is 17.5 Å². The molecule has 6 nitrogen and oxygen atoms in total. The fourth-order valence-corrected chi connectivity index (χ4v) is 11.4. The highest BCUT2D eigenvalue weighted by atomic mass is 15.1. The van der Waals surface area contributed by atoms with Crippen LogP contribution >= 0.6 is 0 Å². The number of rotatable bonds is 8. The minimum Gasteiger partial charge on any atom is -0.309 e. The molecule has 0 atom stereocenters. The lowest BCUT2D eigenvalue weighted by molar-refractivity contribution is 1.07. The van der Waals surface area contributed by atoms with Gasteiger partial charge in [-0.15, -0.1) is 0 Å². The number of nitrogens with zero attached hydrogens (tertiary/aromatic N) is 6. The molecule has 15 aromatic rings. The molecule has 0 spiro atoms. The summed E-state index contributed by atoms with van der Waals surface area (Å²) in [6.07, 6.45) is 0. The van der Waals surface area contributed by atoms with Gasteiger partial charge >= 0.3 is 0 Å². The molecule has 0 radical (unpaired) electrons. The Labute approximate surface area is 432 Å². The topological polar surface area (TPSA) is 53.5 Å². The summed E-state index contributed by atoms with van der Waals surface area (Å²) in [6, 6.07) is 95.5. The Morgan fingerprint density at radius 1 is 0.200 bits per heavy atom. The van der Waals surface area contributed by atoms with Crippen molar-refractivity contribution in [3.05, 3.63) is 267 Å². The van der Waals surface area contributed by atoms with E-state index in [1.54, 1.807) is 0 Å². The first-order chi connectivity index (χ1) is 37.2. The van der Waals surface area contributed by atoms with Crippen LogP contribution in [0.25, 0.3) is 139 Å². The Bertz CT molecular complexity index is 4590. The molecule has 6 heteroatoms. The molecular weight excluding hydrogens is 913 g/mol. The lowest BCUT2D eigenvalue weighted by atomic mass is 10.0. The smallest absolute Gasteiger partial charge is 0.164 e. The van der Waals surface area contributed by atoms with Crippen LogP contribution in [-0.2, 0) is 0 Å². The van der Waals surface area contributed by atoms with Crippen LogP contribution in [0.3, 0.4) is 0 Å².